The van der Waals surface area contributed by atoms with E-state index in [1.807, 2.05) is 11.9 Å². The van der Waals surface area contributed by atoms with Crippen LogP contribution in [0, 0.1) is 5.82 Å². The van der Waals surface area contributed by atoms with Crippen molar-refractivity contribution in [1.82, 2.24) is 19.5 Å². The van der Waals surface area contributed by atoms with E-state index in [1.54, 1.807) is 12.3 Å². The van der Waals surface area contributed by atoms with E-state index < -0.39 is 11.8 Å². The van der Waals surface area contributed by atoms with E-state index in [1.165, 1.54) is 28.9 Å². The normalized spacial score (nSPS) is 17.3. The summed E-state index contributed by atoms with van der Waals surface area (Å²) in [6.07, 6.45) is 3.80. The smallest absolute Gasteiger partial charge is 0.341 e. The Morgan fingerprint density at radius 1 is 1.39 bits per heavy atom. The van der Waals surface area contributed by atoms with E-state index in [2.05, 4.69) is 15.0 Å². The lowest BCUT2D eigenvalue weighted by molar-refractivity contribution is 0.0698. The van der Waals surface area contributed by atoms with Crippen LogP contribution in [0.3, 0.4) is 0 Å². The van der Waals surface area contributed by atoms with Gasteiger partial charge in [-0.2, -0.15) is 5.10 Å². The van der Waals surface area contributed by atoms with E-state index in [-0.39, 0.29) is 29.5 Å². The highest BCUT2D eigenvalue weighted by Crippen LogP contribution is 2.27. The molecular weight excluding hydrogens is 365 g/mol. The highest BCUT2D eigenvalue weighted by molar-refractivity contribution is 5.94. The van der Waals surface area contributed by atoms with Gasteiger partial charge in [-0.1, -0.05) is 0 Å². The van der Waals surface area contributed by atoms with Crippen molar-refractivity contribution in [2.45, 2.75) is 19.0 Å². The molecule has 8 nitrogen and oxygen atoms in total. The van der Waals surface area contributed by atoms with Crippen molar-refractivity contribution < 1.29 is 19.4 Å². The summed E-state index contributed by atoms with van der Waals surface area (Å²) >= 11 is 0. The van der Waals surface area contributed by atoms with Gasteiger partial charge < -0.3 is 20.0 Å². The molecule has 0 aliphatic carbocycles. The first-order valence-electron chi connectivity index (χ1n) is 8.92. The molecule has 1 fully saturated rings. The number of carbonyl (C=O) groups is 1. The second-order valence-corrected chi connectivity index (χ2v) is 7.02. The second-order valence-electron chi connectivity index (χ2n) is 7.02. The quantitative estimate of drug-likeness (QED) is 0.694. The summed E-state index contributed by atoms with van der Waals surface area (Å²) in [4.78, 5) is 20.1. The number of hydrogen-bond donors (Lipinski definition) is 2. The number of hydrogen-bond acceptors (Lipinski definition) is 6. The van der Waals surface area contributed by atoms with Crippen molar-refractivity contribution in [3.8, 4) is 5.75 Å². The maximum absolute atomic E-state index is 13.7. The summed E-state index contributed by atoms with van der Waals surface area (Å²) in [5.74, 6) is -0.966. The Labute approximate surface area is 160 Å². The molecule has 2 N–H and O–H groups in total. The fourth-order valence-corrected chi connectivity index (χ4v) is 3.60. The van der Waals surface area contributed by atoms with Crippen molar-refractivity contribution >= 4 is 17.4 Å². The van der Waals surface area contributed by atoms with Crippen LogP contribution in [0.15, 0.2) is 36.7 Å². The molecule has 1 aromatic carbocycles. The molecule has 1 unspecified atom stereocenters. The minimum absolute atomic E-state index is 0.00871. The largest absolute Gasteiger partial charge is 0.508 e. The zero-order valence-corrected chi connectivity index (χ0v) is 15.3. The zero-order chi connectivity index (χ0) is 19.8. The number of aromatic nitrogens is 3. The summed E-state index contributed by atoms with van der Waals surface area (Å²) in [6.45, 7) is 1.95. The number of phenolic OH excluding ortho intramolecular Hbond substituents is 1. The second kappa shape index (κ2) is 7.08. The third-order valence-corrected chi connectivity index (χ3v) is 5.07. The number of halogens is 1. The van der Waals surface area contributed by atoms with E-state index in [9.17, 15) is 19.4 Å². The van der Waals surface area contributed by atoms with Crippen molar-refractivity contribution in [3.05, 3.63) is 53.6 Å². The first-order chi connectivity index (χ1) is 13.4. The number of aromatic carboxylic acids is 1. The van der Waals surface area contributed by atoms with E-state index >= 15 is 0 Å². The number of likely N-dealkylation sites (N-methyl/N-ethyl adjacent to an activating group) is 1. The minimum atomic E-state index is -1.10. The van der Waals surface area contributed by atoms with Gasteiger partial charge >= 0.3 is 5.97 Å². The molecule has 3 aromatic rings. The van der Waals surface area contributed by atoms with Gasteiger partial charge in [-0.3, -0.25) is 0 Å². The lowest BCUT2D eigenvalue weighted by Crippen LogP contribution is -2.37. The van der Waals surface area contributed by atoms with Crippen LogP contribution in [0.4, 0.5) is 10.2 Å². The van der Waals surface area contributed by atoms with Gasteiger partial charge in [0.2, 0.25) is 0 Å². The standard InChI is InChI=1S/C19H20FN5O3/c1-23-6-4-14(11-23)24(10-12-8-13(20)2-3-16(12)26)17-5-7-25-18(22-17)15(9-21-25)19(27)28/h2-3,5,7-9,14,26H,4,6,10-11H2,1H3,(H,27,28). The summed E-state index contributed by atoms with van der Waals surface area (Å²) < 4.78 is 15.1. The van der Waals surface area contributed by atoms with Crippen molar-refractivity contribution in [2.75, 3.05) is 25.0 Å². The SMILES string of the molecule is CN1CCC(N(Cc2cc(F)ccc2O)c2ccn3ncc(C(=O)O)c3n2)C1. The van der Waals surface area contributed by atoms with Crippen LogP contribution in [-0.2, 0) is 6.54 Å². The third kappa shape index (κ3) is 3.36. The van der Waals surface area contributed by atoms with Crippen molar-refractivity contribution in [2.24, 2.45) is 0 Å². The molecule has 4 rings (SSSR count). The first kappa shape index (κ1) is 18.2. The number of benzene rings is 1. The van der Waals surface area contributed by atoms with E-state index in [0.717, 1.165) is 19.5 Å². The molecular formula is C19H20FN5O3. The highest BCUT2D eigenvalue weighted by Gasteiger charge is 2.28. The van der Waals surface area contributed by atoms with Crippen molar-refractivity contribution in [1.29, 1.82) is 0 Å². The molecule has 2 aromatic heterocycles. The molecule has 1 saturated heterocycles. The molecule has 1 aliphatic heterocycles. The van der Waals surface area contributed by atoms with Gasteiger partial charge in [-0.05, 0) is 44.3 Å². The van der Waals surface area contributed by atoms with Gasteiger partial charge in [0.25, 0.3) is 0 Å². The fraction of sp³-hybridized carbons (Fsp3) is 0.316. The van der Waals surface area contributed by atoms with Crippen LogP contribution in [0.25, 0.3) is 5.65 Å². The average molecular weight is 385 g/mol. The Hall–Kier alpha value is -3.20. The molecule has 0 amide bonds. The number of fused-ring (bicyclic) bond motifs is 1. The Bertz CT molecular complexity index is 1040. The summed E-state index contributed by atoms with van der Waals surface area (Å²) in [7, 11) is 2.02. The molecule has 28 heavy (non-hydrogen) atoms. The number of nitrogens with zero attached hydrogens (tertiary/aromatic N) is 5. The van der Waals surface area contributed by atoms with Crippen LogP contribution >= 0.6 is 0 Å². The van der Waals surface area contributed by atoms with Gasteiger partial charge in [0.05, 0.1) is 6.20 Å². The number of likely N-dealkylation sites (tertiary alicyclic amines) is 1. The Balaban J connectivity index is 1.76. The molecule has 3 heterocycles. The Morgan fingerprint density at radius 3 is 2.93 bits per heavy atom. The molecule has 0 radical (unpaired) electrons. The summed E-state index contributed by atoms with van der Waals surface area (Å²) in [5.41, 5.74) is 0.701. The lowest BCUT2D eigenvalue weighted by atomic mass is 10.1. The van der Waals surface area contributed by atoms with Gasteiger partial charge in [0.1, 0.15) is 22.9 Å². The maximum atomic E-state index is 13.7. The minimum Gasteiger partial charge on any atom is -0.508 e. The monoisotopic (exact) mass is 385 g/mol. The topological polar surface area (TPSA) is 94.2 Å². The van der Waals surface area contributed by atoms with Crippen LogP contribution in [0.5, 0.6) is 5.75 Å². The van der Waals surface area contributed by atoms with Gasteiger partial charge in [0.15, 0.2) is 5.65 Å². The number of aromatic hydroxyl groups is 1. The Morgan fingerprint density at radius 2 is 2.21 bits per heavy atom. The van der Waals surface area contributed by atoms with Gasteiger partial charge in [-0.25, -0.2) is 18.7 Å². The van der Waals surface area contributed by atoms with E-state index in [4.69, 9.17) is 0 Å². The highest BCUT2D eigenvalue weighted by atomic mass is 19.1. The van der Waals surface area contributed by atoms with Crippen LogP contribution < -0.4 is 4.90 Å². The number of carboxylic acid groups (broad SMARTS) is 1. The van der Waals surface area contributed by atoms with Crippen LogP contribution in [0.1, 0.15) is 22.3 Å². The lowest BCUT2D eigenvalue weighted by Gasteiger charge is -2.30. The zero-order valence-electron chi connectivity index (χ0n) is 15.3. The van der Waals surface area contributed by atoms with Gasteiger partial charge in [0, 0.05) is 30.9 Å². The summed E-state index contributed by atoms with van der Waals surface area (Å²) in [6, 6.07) is 5.70. The molecule has 9 heteroatoms. The number of anilines is 1. The van der Waals surface area contributed by atoms with Crippen LogP contribution in [0.2, 0.25) is 0 Å². The summed E-state index contributed by atoms with van der Waals surface area (Å²) in [5, 5.41) is 23.5. The maximum Gasteiger partial charge on any atom is 0.341 e. The average Bonchev–Trinajstić information content (AvgIpc) is 3.28. The number of rotatable bonds is 5. The molecule has 1 aliphatic rings. The van der Waals surface area contributed by atoms with Crippen LogP contribution in [-0.4, -0.2) is 61.9 Å². The molecule has 0 bridgehead atoms. The molecule has 0 spiro atoms. The third-order valence-electron chi connectivity index (χ3n) is 5.07. The van der Waals surface area contributed by atoms with Gasteiger partial charge in [-0.15, -0.1) is 0 Å². The molecule has 0 saturated carbocycles. The van der Waals surface area contributed by atoms with Crippen molar-refractivity contribution in [3.63, 3.8) is 0 Å². The fourth-order valence-electron chi connectivity index (χ4n) is 3.60. The molecule has 146 valence electrons. The Kier molecular flexibility index (Phi) is 4.60. The first-order valence-corrected chi connectivity index (χ1v) is 8.92. The number of carboxylic acids is 1. The predicted octanol–water partition coefficient (Wildman–Crippen LogP) is 1.98. The predicted molar refractivity (Wildman–Crippen MR) is 100 cm³/mol. The van der Waals surface area contributed by atoms with E-state index in [0.29, 0.717) is 11.4 Å². The molecule has 1 atom stereocenters. The number of phenols is 1.